The highest BCUT2D eigenvalue weighted by molar-refractivity contribution is 5.54. The standard InChI is InChI=1S/C14H12N4/c1-2-4-12(5-3-1)14-16-7-6-13(17-14)10-18-9-8-15-11-18/h1-9,11H,10H2. The minimum atomic E-state index is 0.711. The summed E-state index contributed by atoms with van der Waals surface area (Å²) in [7, 11) is 0. The van der Waals surface area contributed by atoms with Crippen LogP contribution in [0.2, 0.25) is 0 Å². The number of hydrogen-bond donors (Lipinski definition) is 0. The van der Waals surface area contributed by atoms with E-state index in [-0.39, 0.29) is 0 Å². The molecule has 2 heterocycles. The molecule has 0 N–H and O–H groups in total. The van der Waals surface area contributed by atoms with Gasteiger partial charge in [-0.1, -0.05) is 30.3 Å². The van der Waals surface area contributed by atoms with Gasteiger partial charge in [0.05, 0.1) is 18.6 Å². The Bertz CT molecular complexity index is 617. The third-order valence-electron chi connectivity index (χ3n) is 2.65. The molecule has 0 radical (unpaired) electrons. The summed E-state index contributed by atoms with van der Waals surface area (Å²) >= 11 is 0. The molecule has 4 heteroatoms. The average Bonchev–Trinajstić information content (AvgIpc) is 2.93. The molecular weight excluding hydrogens is 224 g/mol. The number of aromatic nitrogens is 4. The molecule has 2 aromatic heterocycles. The van der Waals surface area contributed by atoms with E-state index in [2.05, 4.69) is 15.0 Å². The van der Waals surface area contributed by atoms with E-state index in [1.54, 1.807) is 18.7 Å². The molecule has 0 fully saturated rings. The summed E-state index contributed by atoms with van der Waals surface area (Å²) in [6.07, 6.45) is 7.26. The van der Waals surface area contributed by atoms with Gasteiger partial charge in [-0.3, -0.25) is 0 Å². The molecule has 0 aliphatic rings. The van der Waals surface area contributed by atoms with Crippen LogP contribution in [0.3, 0.4) is 0 Å². The number of nitrogens with zero attached hydrogens (tertiary/aromatic N) is 4. The normalized spacial score (nSPS) is 10.4. The Morgan fingerprint density at radius 2 is 1.89 bits per heavy atom. The van der Waals surface area contributed by atoms with Crippen LogP contribution < -0.4 is 0 Å². The van der Waals surface area contributed by atoms with Crippen LogP contribution in [0.5, 0.6) is 0 Å². The Kier molecular flexibility index (Phi) is 2.84. The van der Waals surface area contributed by atoms with E-state index in [9.17, 15) is 0 Å². The quantitative estimate of drug-likeness (QED) is 0.701. The topological polar surface area (TPSA) is 43.6 Å². The first-order chi connectivity index (χ1) is 8.92. The molecular formula is C14H12N4. The lowest BCUT2D eigenvalue weighted by Crippen LogP contribution is -2.01. The van der Waals surface area contributed by atoms with E-state index in [1.165, 1.54) is 0 Å². The van der Waals surface area contributed by atoms with Crippen LogP contribution in [-0.4, -0.2) is 19.5 Å². The lowest BCUT2D eigenvalue weighted by molar-refractivity contribution is 0.770. The van der Waals surface area contributed by atoms with E-state index >= 15 is 0 Å². The Morgan fingerprint density at radius 3 is 2.67 bits per heavy atom. The molecule has 0 aliphatic carbocycles. The zero-order valence-electron chi connectivity index (χ0n) is 9.77. The summed E-state index contributed by atoms with van der Waals surface area (Å²) in [4.78, 5) is 12.9. The van der Waals surface area contributed by atoms with Crippen molar-refractivity contribution in [1.29, 1.82) is 0 Å². The van der Waals surface area contributed by atoms with Crippen molar-refractivity contribution in [2.75, 3.05) is 0 Å². The molecule has 0 saturated heterocycles. The van der Waals surface area contributed by atoms with Crippen LogP contribution >= 0.6 is 0 Å². The van der Waals surface area contributed by atoms with Crippen LogP contribution in [0, 0.1) is 0 Å². The fourth-order valence-corrected chi connectivity index (χ4v) is 1.78. The van der Waals surface area contributed by atoms with Crippen molar-refractivity contribution < 1.29 is 0 Å². The van der Waals surface area contributed by atoms with Gasteiger partial charge >= 0.3 is 0 Å². The fourth-order valence-electron chi connectivity index (χ4n) is 1.78. The molecule has 0 atom stereocenters. The van der Waals surface area contributed by atoms with Gasteiger partial charge in [-0.25, -0.2) is 15.0 Å². The van der Waals surface area contributed by atoms with Crippen molar-refractivity contribution in [2.24, 2.45) is 0 Å². The molecule has 0 bridgehead atoms. The summed E-state index contributed by atoms with van der Waals surface area (Å²) in [6, 6.07) is 11.9. The summed E-state index contributed by atoms with van der Waals surface area (Å²) in [5, 5.41) is 0. The highest BCUT2D eigenvalue weighted by Crippen LogP contribution is 2.13. The Hall–Kier alpha value is -2.49. The second-order valence-corrected chi connectivity index (χ2v) is 3.97. The summed E-state index contributed by atoms with van der Waals surface area (Å²) in [5.74, 6) is 0.758. The molecule has 0 spiro atoms. The van der Waals surface area contributed by atoms with Crippen molar-refractivity contribution in [3.05, 3.63) is 67.0 Å². The summed E-state index contributed by atoms with van der Waals surface area (Å²) in [6.45, 7) is 0.711. The molecule has 0 amide bonds. The fraction of sp³-hybridized carbons (Fsp3) is 0.0714. The number of rotatable bonds is 3. The van der Waals surface area contributed by atoms with Crippen LogP contribution in [0.1, 0.15) is 5.69 Å². The summed E-state index contributed by atoms with van der Waals surface area (Å²) in [5.41, 5.74) is 2.01. The molecule has 1 aromatic carbocycles. The Labute approximate surface area is 105 Å². The second kappa shape index (κ2) is 4.79. The van der Waals surface area contributed by atoms with Gasteiger partial charge in [0.1, 0.15) is 0 Å². The van der Waals surface area contributed by atoms with Gasteiger partial charge in [0.25, 0.3) is 0 Å². The first-order valence-electron chi connectivity index (χ1n) is 5.75. The van der Waals surface area contributed by atoms with Gasteiger partial charge in [0.15, 0.2) is 5.82 Å². The Balaban J connectivity index is 1.90. The second-order valence-electron chi connectivity index (χ2n) is 3.97. The van der Waals surface area contributed by atoms with Gasteiger partial charge in [-0.15, -0.1) is 0 Å². The SMILES string of the molecule is c1ccc(-c2nccc(Cn3ccnc3)n2)cc1. The molecule has 88 valence electrons. The van der Waals surface area contributed by atoms with E-state index < -0.39 is 0 Å². The van der Waals surface area contributed by atoms with Gasteiger partial charge in [0, 0.05) is 24.2 Å². The van der Waals surface area contributed by atoms with Crippen molar-refractivity contribution in [1.82, 2.24) is 19.5 Å². The zero-order valence-corrected chi connectivity index (χ0v) is 9.77. The monoisotopic (exact) mass is 236 g/mol. The maximum Gasteiger partial charge on any atom is 0.159 e. The van der Waals surface area contributed by atoms with E-state index in [4.69, 9.17) is 0 Å². The van der Waals surface area contributed by atoms with E-state index in [0.29, 0.717) is 6.54 Å². The molecule has 0 unspecified atom stereocenters. The number of hydrogen-bond acceptors (Lipinski definition) is 3. The van der Waals surface area contributed by atoms with Gasteiger partial charge in [-0.05, 0) is 6.07 Å². The van der Waals surface area contributed by atoms with Crippen molar-refractivity contribution in [3.63, 3.8) is 0 Å². The molecule has 4 nitrogen and oxygen atoms in total. The third-order valence-corrected chi connectivity index (χ3v) is 2.65. The molecule has 3 aromatic rings. The first-order valence-corrected chi connectivity index (χ1v) is 5.75. The van der Waals surface area contributed by atoms with Crippen LogP contribution in [0.15, 0.2) is 61.3 Å². The van der Waals surface area contributed by atoms with Crippen LogP contribution in [0.25, 0.3) is 11.4 Å². The lowest BCUT2D eigenvalue weighted by Gasteiger charge is -2.04. The predicted octanol–water partition coefficient (Wildman–Crippen LogP) is 2.39. The van der Waals surface area contributed by atoms with Gasteiger partial charge < -0.3 is 4.57 Å². The Morgan fingerprint density at radius 1 is 1.00 bits per heavy atom. The van der Waals surface area contributed by atoms with Crippen molar-refractivity contribution in [2.45, 2.75) is 6.54 Å². The minimum Gasteiger partial charge on any atom is -0.331 e. The van der Waals surface area contributed by atoms with Gasteiger partial charge in [-0.2, -0.15) is 0 Å². The van der Waals surface area contributed by atoms with Crippen molar-refractivity contribution >= 4 is 0 Å². The van der Waals surface area contributed by atoms with Crippen LogP contribution in [0.4, 0.5) is 0 Å². The highest BCUT2D eigenvalue weighted by Gasteiger charge is 2.02. The number of benzene rings is 1. The molecule has 0 aliphatic heterocycles. The van der Waals surface area contributed by atoms with Crippen molar-refractivity contribution in [3.8, 4) is 11.4 Å². The average molecular weight is 236 g/mol. The molecule has 18 heavy (non-hydrogen) atoms. The maximum absolute atomic E-state index is 4.56. The molecule has 0 saturated carbocycles. The minimum absolute atomic E-state index is 0.711. The predicted molar refractivity (Wildman–Crippen MR) is 68.8 cm³/mol. The number of imidazole rings is 1. The lowest BCUT2D eigenvalue weighted by atomic mass is 10.2. The molecule has 3 rings (SSSR count). The first kappa shape index (κ1) is 10.7. The van der Waals surface area contributed by atoms with E-state index in [1.807, 2.05) is 47.2 Å². The smallest absolute Gasteiger partial charge is 0.159 e. The third kappa shape index (κ3) is 2.27. The van der Waals surface area contributed by atoms with E-state index in [0.717, 1.165) is 17.1 Å². The largest absolute Gasteiger partial charge is 0.331 e. The van der Waals surface area contributed by atoms with Gasteiger partial charge in [0.2, 0.25) is 0 Å². The van der Waals surface area contributed by atoms with Crippen LogP contribution in [-0.2, 0) is 6.54 Å². The summed E-state index contributed by atoms with van der Waals surface area (Å²) < 4.78 is 1.98. The zero-order chi connectivity index (χ0) is 12.2. The highest BCUT2D eigenvalue weighted by atomic mass is 15.0. The maximum atomic E-state index is 4.56.